The highest BCUT2D eigenvalue weighted by Crippen LogP contribution is 2.26. The second-order valence-electron chi connectivity index (χ2n) is 10.1. The zero-order chi connectivity index (χ0) is 26.9. The van der Waals surface area contributed by atoms with E-state index in [1.165, 1.54) is 10.9 Å². The van der Waals surface area contributed by atoms with E-state index in [4.69, 9.17) is 0 Å². The summed E-state index contributed by atoms with van der Waals surface area (Å²) in [5.74, 6) is 1.19. The van der Waals surface area contributed by atoms with Gasteiger partial charge in [0.15, 0.2) is 11.5 Å². The Morgan fingerprint density at radius 2 is 1.87 bits per heavy atom. The number of aromatic nitrogens is 5. The lowest BCUT2D eigenvalue weighted by atomic mass is 9.97. The van der Waals surface area contributed by atoms with Gasteiger partial charge in [-0.1, -0.05) is 12.1 Å². The Morgan fingerprint density at radius 1 is 1.13 bits per heavy atom. The van der Waals surface area contributed by atoms with Gasteiger partial charge in [-0.15, -0.1) is 6.58 Å². The smallest absolute Gasteiger partial charge is 0.278 e. The van der Waals surface area contributed by atoms with E-state index in [0.29, 0.717) is 34.4 Å². The highest BCUT2D eigenvalue weighted by molar-refractivity contribution is 5.77. The Kier molecular flexibility index (Phi) is 7.00. The van der Waals surface area contributed by atoms with Crippen LogP contribution in [-0.4, -0.2) is 54.2 Å². The van der Waals surface area contributed by atoms with Gasteiger partial charge in [0, 0.05) is 37.3 Å². The fourth-order valence-corrected chi connectivity index (χ4v) is 4.75. The number of piperidine rings is 1. The largest absolute Gasteiger partial charge is 0.396 e. The molecule has 0 saturated carbocycles. The van der Waals surface area contributed by atoms with Crippen LogP contribution in [0.1, 0.15) is 32.4 Å². The number of rotatable bonds is 8. The minimum Gasteiger partial charge on any atom is -0.396 e. The summed E-state index contributed by atoms with van der Waals surface area (Å²) < 4.78 is 3.14. The van der Waals surface area contributed by atoms with E-state index in [0.717, 1.165) is 37.3 Å². The molecule has 10 heteroatoms. The number of nitrogens with zero attached hydrogens (tertiary/aromatic N) is 6. The molecule has 0 radical (unpaired) electrons. The van der Waals surface area contributed by atoms with Gasteiger partial charge in [0.05, 0.1) is 12.2 Å². The number of hydrogen-bond acceptors (Lipinski definition) is 8. The molecule has 0 spiro atoms. The molecular formula is C28H33N7O3. The maximum atomic E-state index is 13.2. The van der Waals surface area contributed by atoms with E-state index >= 15 is 0 Å². The second kappa shape index (κ2) is 10.4. The molecule has 5 rings (SSSR count). The predicted octanol–water partition coefficient (Wildman–Crippen LogP) is 3.34. The molecule has 1 fully saturated rings. The molecular weight excluding hydrogens is 482 g/mol. The number of pyridine rings is 1. The van der Waals surface area contributed by atoms with Crippen LogP contribution in [0, 0.1) is 5.92 Å². The van der Waals surface area contributed by atoms with Crippen molar-refractivity contribution < 1.29 is 10.2 Å². The van der Waals surface area contributed by atoms with Gasteiger partial charge in [-0.3, -0.25) is 4.79 Å². The topological polar surface area (TPSA) is 121 Å². The summed E-state index contributed by atoms with van der Waals surface area (Å²) in [5.41, 5.74) is 1.43. The van der Waals surface area contributed by atoms with Crippen molar-refractivity contribution in [3.05, 3.63) is 77.4 Å². The standard InChI is InChI=1S/C28H33N7O3/c1-4-14-34-26(37)22-17-29-27(32-25(22)35(34)24-7-5-6-23(31-24)28(2,3)38)30-20-8-10-21(11-9-20)33-15-12-19(18-36)13-16-33/h4-11,17,19,36,38H,1,12-16,18H2,2-3H3,(H,29,30,32). The Labute approximate surface area is 220 Å². The molecule has 3 aromatic heterocycles. The van der Waals surface area contributed by atoms with Crippen LogP contribution >= 0.6 is 0 Å². The molecule has 1 aromatic carbocycles. The minimum atomic E-state index is -1.15. The van der Waals surface area contributed by atoms with Crippen molar-refractivity contribution in [2.45, 2.75) is 38.8 Å². The molecule has 198 valence electrons. The number of hydrogen-bond donors (Lipinski definition) is 3. The van der Waals surface area contributed by atoms with Gasteiger partial charge in [-0.25, -0.2) is 19.3 Å². The average molecular weight is 516 g/mol. The highest BCUT2D eigenvalue weighted by atomic mass is 16.3. The van der Waals surface area contributed by atoms with E-state index in [2.05, 4.69) is 43.9 Å². The Hall–Kier alpha value is -4.02. The van der Waals surface area contributed by atoms with Crippen LogP contribution in [0.25, 0.3) is 16.9 Å². The van der Waals surface area contributed by atoms with Crippen LogP contribution in [0.4, 0.5) is 17.3 Å². The van der Waals surface area contributed by atoms with E-state index < -0.39 is 5.60 Å². The molecule has 10 nitrogen and oxygen atoms in total. The summed E-state index contributed by atoms with van der Waals surface area (Å²) in [5, 5.41) is 23.5. The zero-order valence-corrected chi connectivity index (χ0v) is 21.7. The van der Waals surface area contributed by atoms with E-state index in [-0.39, 0.29) is 18.7 Å². The zero-order valence-electron chi connectivity index (χ0n) is 21.7. The third-order valence-electron chi connectivity index (χ3n) is 6.92. The summed E-state index contributed by atoms with van der Waals surface area (Å²) in [6.45, 7) is 9.48. The summed E-state index contributed by atoms with van der Waals surface area (Å²) in [4.78, 5) is 29.2. The van der Waals surface area contributed by atoms with E-state index in [1.54, 1.807) is 42.8 Å². The van der Waals surface area contributed by atoms with Crippen LogP contribution in [0.2, 0.25) is 0 Å². The first-order chi connectivity index (χ1) is 18.3. The molecule has 3 N–H and O–H groups in total. The third kappa shape index (κ3) is 5.05. The Morgan fingerprint density at radius 3 is 2.53 bits per heavy atom. The molecule has 1 aliphatic rings. The molecule has 0 bridgehead atoms. The lowest BCUT2D eigenvalue weighted by molar-refractivity contribution is 0.0738. The van der Waals surface area contributed by atoms with Crippen LogP contribution in [0.5, 0.6) is 0 Å². The van der Waals surface area contributed by atoms with Gasteiger partial charge in [-0.05, 0) is 69.0 Å². The van der Waals surface area contributed by atoms with Gasteiger partial charge in [0.1, 0.15) is 11.0 Å². The number of benzene rings is 1. The van der Waals surface area contributed by atoms with Crippen LogP contribution in [0.3, 0.4) is 0 Å². The van der Waals surface area contributed by atoms with Crippen LogP contribution < -0.4 is 15.8 Å². The number of aliphatic hydroxyl groups excluding tert-OH is 1. The van der Waals surface area contributed by atoms with Crippen molar-refractivity contribution in [2.24, 2.45) is 5.92 Å². The monoisotopic (exact) mass is 515 g/mol. The number of aliphatic hydroxyl groups is 2. The van der Waals surface area contributed by atoms with E-state index in [9.17, 15) is 15.0 Å². The molecule has 0 aliphatic carbocycles. The fourth-order valence-electron chi connectivity index (χ4n) is 4.75. The SMILES string of the molecule is C=CCn1c(=O)c2cnc(Nc3ccc(N4CCC(CO)CC4)cc3)nc2n1-c1cccc(C(C)(C)O)n1. The van der Waals surface area contributed by atoms with Crippen molar-refractivity contribution >= 4 is 28.4 Å². The lowest BCUT2D eigenvalue weighted by Crippen LogP contribution is -2.34. The molecule has 38 heavy (non-hydrogen) atoms. The highest BCUT2D eigenvalue weighted by Gasteiger charge is 2.22. The van der Waals surface area contributed by atoms with Crippen molar-refractivity contribution in [3.8, 4) is 5.82 Å². The third-order valence-corrected chi connectivity index (χ3v) is 6.92. The van der Waals surface area contributed by atoms with Crippen LogP contribution in [-0.2, 0) is 12.1 Å². The van der Waals surface area contributed by atoms with Crippen molar-refractivity contribution in [2.75, 3.05) is 29.9 Å². The van der Waals surface area contributed by atoms with Crippen LogP contribution in [0.15, 0.2) is 66.1 Å². The normalized spacial score (nSPS) is 14.7. The number of allylic oxidation sites excluding steroid dienone is 1. The summed E-state index contributed by atoms with van der Waals surface area (Å²) in [7, 11) is 0. The summed E-state index contributed by atoms with van der Waals surface area (Å²) in [6, 6.07) is 13.4. The first-order valence-electron chi connectivity index (χ1n) is 12.8. The molecule has 1 saturated heterocycles. The van der Waals surface area contributed by atoms with Gasteiger partial charge in [-0.2, -0.15) is 4.98 Å². The second-order valence-corrected chi connectivity index (χ2v) is 10.1. The Bertz CT molecular complexity index is 1490. The van der Waals surface area contributed by atoms with E-state index in [1.807, 2.05) is 12.1 Å². The first kappa shape index (κ1) is 25.6. The van der Waals surface area contributed by atoms with Crippen molar-refractivity contribution in [1.82, 2.24) is 24.3 Å². The van der Waals surface area contributed by atoms with Crippen molar-refractivity contribution in [3.63, 3.8) is 0 Å². The Balaban J connectivity index is 1.47. The minimum absolute atomic E-state index is 0.253. The fraction of sp³-hybridized carbons (Fsp3) is 0.357. The number of nitrogens with one attached hydrogen (secondary N) is 1. The molecule has 1 aliphatic heterocycles. The van der Waals surface area contributed by atoms with Gasteiger partial charge in [0.2, 0.25) is 5.95 Å². The summed E-state index contributed by atoms with van der Waals surface area (Å²) >= 11 is 0. The molecule has 0 amide bonds. The molecule has 4 heterocycles. The first-order valence-corrected chi connectivity index (χ1v) is 12.8. The summed E-state index contributed by atoms with van der Waals surface area (Å²) in [6.07, 6.45) is 5.13. The quantitative estimate of drug-likeness (QED) is 0.306. The maximum Gasteiger partial charge on any atom is 0.278 e. The average Bonchev–Trinajstić information content (AvgIpc) is 3.19. The van der Waals surface area contributed by atoms with Crippen molar-refractivity contribution in [1.29, 1.82) is 0 Å². The van der Waals surface area contributed by atoms with Gasteiger partial charge in [0.25, 0.3) is 5.56 Å². The predicted molar refractivity (Wildman–Crippen MR) is 148 cm³/mol. The molecule has 4 aromatic rings. The van der Waals surface area contributed by atoms with Gasteiger partial charge < -0.3 is 20.4 Å². The lowest BCUT2D eigenvalue weighted by Gasteiger charge is -2.32. The number of anilines is 3. The van der Waals surface area contributed by atoms with Gasteiger partial charge >= 0.3 is 0 Å². The molecule has 0 atom stereocenters. The maximum absolute atomic E-state index is 13.2. The molecule has 0 unspecified atom stereocenters. The number of fused-ring (bicyclic) bond motifs is 1.